The first-order valence-electron chi connectivity index (χ1n) is 6.71. The van der Waals surface area contributed by atoms with Gasteiger partial charge in [-0.15, -0.1) is 0 Å². The molecule has 1 aromatic rings. The number of hydrogen-bond acceptors (Lipinski definition) is 4. The number of ether oxygens (including phenoxy) is 2. The third-order valence-electron chi connectivity index (χ3n) is 2.84. The van der Waals surface area contributed by atoms with Gasteiger partial charge in [0.2, 0.25) is 0 Å². The molecule has 1 rings (SSSR count). The summed E-state index contributed by atoms with van der Waals surface area (Å²) in [6.07, 6.45) is 0. The molecule has 0 aliphatic rings. The van der Waals surface area contributed by atoms with Gasteiger partial charge in [-0.25, -0.2) is 0 Å². The maximum absolute atomic E-state index is 11.7. The highest BCUT2D eigenvalue weighted by atomic mass is 16.5. The Balaban J connectivity index is 2.59. The molecule has 1 amide bonds. The van der Waals surface area contributed by atoms with Gasteiger partial charge in [0.05, 0.1) is 6.61 Å². The molecule has 0 radical (unpaired) electrons. The van der Waals surface area contributed by atoms with Gasteiger partial charge >= 0.3 is 0 Å². The minimum Gasteiger partial charge on any atom is -0.483 e. The van der Waals surface area contributed by atoms with Crippen LogP contribution < -0.4 is 15.8 Å². The van der Waals surface area contributed by atoms with Crippen molar-refractivity contribution in [3.8, 4) is 5.75 Å². The lowest BCUT2D eigenvalue weighted by Crippen LogP contribution is -2.38. The number of aryl methyl sites for hydroxylation is 1. The largest absolute Gasteiger partial charge is 0.483 e. The molecule has 5 heteroatoms. The number of hydrogen-bond donors (Lipinski definition) is 2. The smallest absolute Gasteiger partial charge is 0.258 e. The highest BCUT2D eigenvalue weighted by Crippen LogP contribution is 2.24. The van der Waals surface area contributed by atoms with E-state index in [0.717, 1.165) is 11.1 Å². The Labute approximate surface area is 120 Å². The SMILES string of the molecule is COCC(C)NC(=O)COc1ccc(C)cc1C(C)N. The Bertz CT molecular complexity index is 447. The number of nitrogens with two attached hydrogens (primary N) is 1. The van der Waals surface area contributed by atoms with E-state index in [9.17, 15) is 4.79 Å². The second-order valence-corrected chi connectivity index (χ2v) is 5.04. The van der Waals surface area contributed by atoms with Crippen LogP contribution in [0.1, 0.15) is 31.0 Å². The van der Waals surface area contributed by atoms with Gasteiger partial charge in [0.1, 0.15) is 5.75 Å². The predicted octanol–water partition coefficient (Wildman–Crippen LogP) is 1.54. The number of carbonyl (C=O) groups is 1. The van der Waals surface area contributed by atoms with Gasteiger partial charge in [-0.05, 0) is 26.8 Å². The topological polar surface area (TPSA) is 73.6 Å². The molecule has 0 aromatic heterocycles. The van der Waals surface area contributed by atoms with Gasteiger partial charge < -0.3 is 20.5 Å². The van der Waals surface area contributed by atoms with E-state index in [-0.39, 0.29) is 24.6 Å². The minimum absolute atomic E-state index is 0.0309. The van der Waals surface area contributed by atoms with Crippen molar-refractivity contribution in [2.45, 2.75) is 32.9 Å². The summed E-state index contributed by atoms with van der Waals surface area (Å²) in [5, 5.41) is 2.79. The fourth-order valence-corrected chi connectivity index (χ4v) is 1.91. The maximum Gasteiger partial charge on any atom is 0.258 e. The van der Waals surface area contributed by atoms with Crippen LogP contribution >= 0.6 is 0 Å². The van der Waals surface area contributed by atoms with E-state index in [2.05, 4.69) is 5.32 Å². The molecule has 0 aliphatic heterocycles. The Kier molecular flexibility index (Phi) is 6.48. The molecule has 0 saturated carbocycles. The summed E-state index contributed by atoms with van der Waals surface area (Å²) in [5.74, 6) is 0.478. The Morgan fingerprint density at radius 3 is 2.70 bits per heavy atom. The molecule has 0 bridgehead atoms. The molecule has 0 aliphatic carbocycles. The number of carbonyl (C=O) groups excluding carboxylic acids is 1. The number of methoxy groups -OCH3 is 1. The lowest BCUT2D eigenvalue weighted by Gasteiger charge is -2.16. The first-order valence-corrected chi connectivity index (χ1v) is 6.71. The average Bonchev–Trinajstić information content (AvgIpc) is 2.37. The van der Waals surface area contributed by atoms with E-state index in [4.69, 9.17) is 15.2 Å². The summed E-state index contributed by atoms with van der Waals surface area (Å²) in [6.45, 7) is 6.20. The van der Waals surface area contributed by atoms with Crippen molar-refractivity contribution in [2.75, 3.05) is 20.3 Å². The average molecular weight is 280 g/mol. The molecule has 0 heterocycles. The van der Waals surface area contributed by atoms with Crippen LogP contribution in [0.5, 0.6) is 5.75 Å². The minimum atomic E-state index is -0.175. The first kappa shape index (κ1) is 16.5. The van der Waals surface area contributed by atoms with Crippen LogP contribution in [0.2, 0.25) is 0 Å². The first-order chi connectivity index (χ1) is 9.43. The molecule has 2 atom stereocenters. The van der Waals surface area contributed by atoms with Gasteiger partial charge in [0.25, 0.3) is 5.91 Å². The standard InChI is InChI=1S/C15H24N2O3/c1-10-5-6-14(13(7-10)12(3)16)20-9-15(18)17-11(2)8-19-4/h5-7,11-12H,8-9,16H2,1-4H3,(H,17,18). The van der Waals surface area contributed by atoms with Crippen LogP contribution in [0, 0.1) is 6.92 Å². The summed E-state index contributed by atoms with van der Waals surface area (Å²) < 4.78 is 10.5. The maximum atomic E-state index is 11.7. The normalized spacial score (nSPS) is 13.7. The molecule has 1 aromatic carbocycles. The lowest BCUT2D eigenvalue weighted by atomic mass is 10.1. The molecule has 0 fully saturated rings. The lowest BCUT2D eigenvalue weighted by molar-refractivity contribution is -0.124. The van der Waals surface area contributed by atoms with Gasteiger partial charge in [0, 0.05) is 24.8 Å². The quantitative estimate of drug-likeness (QED) is 0.794. The van der Waals surface area contributed by atoms with Gasteiger partial charge in [0.15, 0.2) is 6.61 Å². The molecule has 20 heavy (non-hydrogen) atoms. The van der Waals surface area contributed by atoms with E-state index < -0.39 is 0 Å². The number of nitrogens with one attached hydrogen (secondary N) is 1. The van der Waals surface area contributed by atoms with E-state index >= 15 is 0 Å². The van der Waals surface area contributed by atoms with Crippen LogP contribution in [0.25, 0.3) is 0 Å². The highest BCUT2D eigenvalue weighted by Gasteiger charge is 2.11. The van der Waals surface area contributed by atoms with Crippen LogP contribution in [-0.4, -0.2) is 32.3 Å². The second kappa shape index (κ2) is 7.87. The molecule has 0 saturated heterocycles. The zero-order valence-corrected chi connectivity index (χ0v) is 12.6. The predicted molar refractivity (Wildman–Crippen MR) is 78.8 cm³/mol. The Morgan fingerprint density at radius 1 is 1.40 bits per heavy atom. The summed E-state index contributed by atoms with van der Waals surface area (Å²) >= 11 is 0. The molecule has 2 unspecified atom stereocenters. The molecule has 0 spiro atoms. The Morgan fingerprint density at radius 2 is 2.10 bits per heavy atom. The summed E-state index contributed by atoms with van der Waals surface area (Å²) in [6, 6.07) is 5.58. The van der Waals surface area contributed by atoms with Gasteiger partial charge in [-0.2, -0.15) is 0 Å². The highest BCUT2D eigenvalue weighted by molar-refractivity contribution is 5.77. The fourth-order valence-electron chi connectivity index (χ4n) is 1.91. The second-order valence-electron chi connectivity index (χ2n) is 5.04. The van der Waals surface area contributed by atoms with Crippen molar-refractivity contribution in [3.05, 3.63) is 29.3 Å². The summed E-state index contributed by atoms with van der Waals surface area (Å²) in [7, 11) is 1.60. The number of amides is 1. The zero-order valence-electron chi connectivity index (χ0n) is 12.6. The van der Waals surface area contributed by atoms with E-state index in [1.807, 2.05) is 39.0 Å². The molecule has 5 nitrogen and oxygen atoms in total. The number of rotatable bonds is 7. The van der Waals surface area contributed by atoms with E-state index in [1.165, 1.54) is 0 Å². The van der Waals surface area contributed by atoms with Crippen LogP contribution in [0.15, 0.2) is 18.2 Å². The van der Waals surface area contributed by atoms with Gasteiger partial charge in [-0.3, -0.25) is 4.79 Å². The van der Waals surface area contributed by atoms with Crippen LogP contribution in [-0.2, 0) is 9.53 Å². The molecule has 112 valence electrons. The van der Waals surface area contributed by atoms with Crippen LogP contribution in [0.3, 0.4) is 0 Å². The van der Waals surface area contributed by atoms with Crippen molar-refractivity contribution in [2.24, 2.45) is 5.73 Å². The van der Waals surface area contributed by atoms with Crippen LogP contribution in [0.4, 0.5) is 0 Å². The van der Waals surface area contributed by atoms with E-state index in [0.29, 0.717) is 12.4 Å². The third-order valence-corrected chi connectivity index (χ3v) is 2.84. The summed E-state index contributed by atoms with van der Waals surface area (Å²) in [4.78, 5) is 11.7. The van der Waals surface area contributed by atoms with Crippen molar-refractivity contribution in [1.82, 2.24) is 5.32 Å². The van der Waals surface area contributed by atoms with Crippen molar-refractivity contribution in [3.63, 3.8) is 0 Å². The third kappa shape index (κ3) is 5.19. The van der Waals surface area contributed by atoms with Crippen molar-refractivity contribution < 1.29 is 14.3 Å². The van der Waals surface area contributed by atoms with Crippen molar-refractivity contribution >= 4 is 5.91 Å². The van der Waals surface area contributed by atoms with E-state index in [1.54, 1.807) is 7.11 Å². The van der Waals surface area contributed by atoms with Crippen molar-refractivity contribution in [1.29, 1.82) is 0 Å². The Hall–Kier alpha value is -1.59. The molecular formula is C15H24N2O3. The van der Waals surface area contributed by atoms with Gasteiger partial charge in [-0.1, -0.05) is 17.7 Å². The monoisotopic (exact) mass is 280 g/mol. The summed E-state index contributed by atoms with van der Waals surface area (Å²) in [5.41, 5.74) is 7.93. The fraction of sp³-hybridized carbons (Fsp3) is 0.533. The zero-order chi connectivity index (χ0) is 15.1. The molecular weight excluding hydrogens is 256 g/mol. The number of benzene rings is 1. The molecule has 3 N–H and O–H groups in total.